The van der Waals surface area contributed by atoms with Gasteiger partial charge in [-0.1, -0.05) is 12.8 Å². The monoisotopic (exact) mass is 365 g/mol. The number of carbonyl (C=O) groups excluding carboxylic acids is 2. The first-order valence-corrected chi connectivity index (χ1v) is 8.81. The number of hydrogen-bond donors (Lipinski definition) is 0. The Bertz CT molecular complexity index is 612. The van der Waals surface area contributed by atoms with E-state index in [0.29, 0.717) is 30.3 Å². The van der Waals surface area contributed by atoms with Crippen molar-refractivity contribution in [2.45, 2.75) is 38.7 Å². The summed E-state index contributed by atoms with van der Waals surface area (Å²) in [7, 11) is 4.43. The van der Waals surface area contributed by atoms with Gasteiger partial charge in [-0.25, -0.2) is 4.79 Å². The van der Waals surface area contributed by atoms with Crippen LogP contribution < -0.4 is 14.2 Å². The van der Waals surface area contributed by atoms with Crippen LogP contribution in [-0.2, 0) is 9.53 Å². The van der Waals surface area contributed by atoms with Gasteiger partial charge in [0, 0.05) is 13.1 Å². The van der Waals surface area contributed by atoms with Crippen molar-refractivity contribution in [1.82, 2.24) is 4.90 Å². The number of nitrogens with zero attached hydrogens (tertiary/aromatic N) is 1. The molecule has 1 heterocycles. The predicted molar refractivity (Wildman–Crippen MR) is 96.0 cm³/mol. The van der Waals surface area contributed by atoms with Gasteiger partial charge in [0.2, 0.25) is 5.75 Å². The number of likely N-dealkylation sites (tertiary alicyclic amines) is 1. The third-order valence-corrected chi connectivity index (χ3v) is 4.45. The molecule has 0 bridgehead atoms. The Morgan fingerprint density at radius 3 is 1.92 bits per heavy atom. The summed E-state index contributed by atoms with van der Waals surface area (Å²) < 4.78 is 21.1. The Kier molecular flexibility index (Phi) is 7.12. The molecule has 1 saturated heterocycles. The van der Waals surface area contributed by atoms with Crippen LogP contribution in [0.3, 0.4) is 0 Å². The number of amides is 1. The van der Waals surface area contributed by atoms with Crippen molar-refractivity contribution in [3.8, 4) is 17.2 Å². The third kappa shape index (κ3) is 4.59. The molecule has 2 rings (SSSR count). The molecule has 0 aliphatic carbocycles. The number of methoxy groups -OCH3 is 3. The fourth-order valence-electron chi connectivity index (χ4n) is 3.03. The Morgan fingerprint density at radius 1 is 0.923 bits per heavy atom. The molecular weight excluding hydrogens is 338 g/mol. The van der Waals surface area contributed by atoms with Gasteiger partial charge in [0.05, 0.1) is 26.9 Å². The summed E-state index contributed by atoms with van der Waals surface area (Å²) >= 11 is 0. The summed E-state index contributed by atoms with van der Waals surface area (Å²) in [5.74, 6) is 0.323. The molecule has 0 saturated carbocycles. The van der Waals surface area contributed by atoms with Crippen molar-refractivity contribution in [1.29, 1.82) is 0 Å². The normalized spacial score (nSPS) is 15.6. The summed E-state index contributed by atoms with van der Waals surface area (Å²) in [6, 6.07) is 3.01. The van der Waals surface area contributed by atoms with Gasteiger partial charge < -0.3 is 23.8 Å². The molecule has 1 aliphatic rings. The Labute approximate surface area is 154 Å². The van der Waals surface area contributed by atoms with Crippen LogP contribution in [0.15, 0.2) is 12.1 Å². The molecule has 0 spiro atoms. The first-order valence-electron chi connectivity index (χ1n) is 8.81. The zero-order valence-electron chi connectivity index (χ0n) is 15.9. The van der Waals surface area contributed by atoms with Gasteiger partial charge in [0.15, 0.2) is 17.6 Å². The lowest BCUT2D eigenvalue weighted by molar-refractivity contribution is -0.139. The first kappa shape index (κ1) is 19.9. The van der Waals surface area contributed by atoms with E-state index in [0.717, 1.165) is 25.7 Å². The lowest BCUT2D eigenvalue weighted by Crippen LogP contribution is -2.40. The van der Waals surface area contributed by atoms with Crippen LogP contribution in [0.4, 0.5) is 0 Å². The molecule has 144 valence electrons. The molecule has 7 heteroatoms. The second-order valence-corrected chi connectivity index (χ2v) is 6.20. The van der Waals surface area contributed by atoms with Crippen molar-refractivity contribution >= 4 is 11.9 Å². The highest BCUT2D eigenvalue weighted by Crippen LogP contribution is 2.38. The summed E-state index contributed by atoms with van der Waals surface area (Å²) in [5.41, 5.74) is 0.231. The average molecular weight is 365 g/mol. The van der Waals surface area contributed by atoms with E-state index >= 15 is 0 Å². The zero-order valence-corrected chi connectivity index (χ0v) is 15.9. The summed E-state index contributed by atoms with van der Waals surface area (Å²) in [6.07, 6.45) is 3.38. The highest BCUT2D eigenvalue weighted by atomic mass is 16.6. The van der Waals surface area contributed by atoms with Crippen molar-refractivity contribution in [2.75, 3.05) is 34.4 Å². The summed E-state index contributed by atoms with van der Waals surface area (Å²) in [5, 5.41) is 0. The van der Waals surface area contributed by atoms with Crippen LogP contribution in [0.5, 0.6) is 17.2 Å². The van der Waals surface area contributed by atoms with E-state index in [1.54, 1.807) is 11.8 Å². The van der Waals surface area contributed by atoms with Crippen molar-refractivity contribution in [3.05, 3.63) is 17.7 Å². The number of rotatable bonds is 6. The van der Waals surface area contributed by atoms with E-state index in [1.807, 2.05) is 0 Å². The molecule has 0 N–H and O–H groups in total. The van der Waals surface area contributed by atoms with Crippen LogP contribution in [-0.4, -0.2) is 57.3 Å². The van der Waals surface area contributed by atoms with Crippen LogP contribution >= 0.6 is 0 Å². The molecule has 1 aromatic rings. The molecule has 0 radical (unpaired) electrons. The first-order chi connectivity index (χ1) is 12.5. The quantitative estimate of drug-likeness (QED) is 0.722. The molecule has 0 aromatic heterocycles. The average Bonchev–Trinajstić information content (AvgIpc) is 2.95. The highest BCUT2D eigenvalue weighted by Gasteiger charge is 2.26. The minimum absolute atomic E-state index is 0.160. The van der Waals surface area contributed by atoms with Crippen LogP contribution in [0.1, 0.15) is 43.0 Å². The topological polar surface area (TPSA) is 74.3 Å². The number of hydrogen-bond acceptors (Lipinski definition) is 6. The van der Waals surface area contributed by atoms with Gasteiger partial charge in [-0.15, -0.1) is 0 Å². The van der Waals surface area contributed by atoms with E-state index in [-0.39, 0.29) is 11.5 Å². The Hall–Kier alpha value is -2.44. The van der Waals surface area contributed by atoms with E-state index in [4.69, 9.17) is 18.9 Å². The Balaban J connectivity index is 2.12. The molecule has 1 aliphatic heterocycles. The molecule has 26 heavy (non-hydrogen) atoms. The Morgan fingerprint density at radius 2 is 1.46 bits per heavy atom. The van der Waals surface area contributed by atoms with Gasteiger partial charge in [-0.05, 0) is 31.9 Å². The van der Waals surface area contributed by atoms with E-state index in [1.165, 1.54) is 33.5 Å². The van der Waals surface area contributed by atoms with Crippen molar-refractivity contribution in [3.63, 3.8) is 0 Å². The van der Waals surface area contributed by atoms with Crippen LogP contribution in [0.2, 0.25) is 0 Å². The molecular formula is C19H27NO6. The minimum Gasteiger partial charge on any atom is -0.493 e. The second kappa shape index (κ2) is 9.31. The zero-order chi connectivity index (χ0) is 19.1. The van der Waals surface area contributed by atoms with Crippen LogP contribution in [0.25, 0.3) is 0 Å². The van der Waals surface area contributed by atoms with Gasteiger partial charge in [0.1, 0.15) is 0 Å². The molecule has 7 nitrogen and oxygen atoms in total. The number of ether oxygens (including phenoxy) is 4. The van der Waals surface area contributed by atoms with E-state index in [9.17, 15) is 9.59 Å². The fraction of sp³-hybridized carbons (Fsp3) is 0.579. The fourth-order valence-corrected chi connectivity index (χ4v) is 3.03. The van der Waals surface area contributed by atoms with Crippen LogP contribution in [0, 0.1) is 0 Å². The van der Waals surface area contributed by atoms with Crippen molar-refractivity contribution < 1.29 is 28.5 Å². The number of esters is 1. The minimum atomic E-state index is -0.848. The van der Waals surface area contributed by atoms with E-state index in [2.05, 4.69) is 0 Å². The molecule has 1 unspecified atom stereocenters. The largest absolute Gasteiger partial charge is 0.493 e. The molecule has 1 amide bonds. The number of benzene rings is 1. The second-order valence-electron chi connectivity index (χ2n) is 6.20. The smallest absolute Gasteiger partial charge is 0.339 e. The number of carbonyl (C=O) groups is 2. The highest BCUT2D eigenvalue weighted by molar-refractivity contribution is 5.93. The standard InChI is InChI=1S/C19H27NO6/c1-13(18(21)20-9-7-5-6-8-10-20)26-19(22)14-11-15(23-2)17(25-4)16(12-14)24-3/h11-13H,5-10H2,1-4H3. The van der Waals surface area contributed by atoms with Gasteiger partial charge in [-0.3, -0.25) is 4.79 Å². The molecule has 1 fully saturated rings. The molecule has 1 atom stereocenters. The van der Waals surface area contributed by atoms with Gasteiger partial charge in [-0.2, -0.15) is 0 Å². The maximum absolute atomic E-state index is 12.5. The van der Waals surface area contributed by atoms with Gasteiger partial charge in [0.25, 0.3) is 5.91 Å². The summed E-state index contributed by atoms with van der Waals surface area (Å²) in [4.78, 5) is 26.8. The SMILES string of the molecule is COc1cc(C(=O)OC(C)C(=O)N2CCCCCC2)cc(OC)c1OC. The maximum Gasteiger partial charge on any atom is 0.339 e. The van der Waals surface area contributed by atoms with Gasteiger partial charge >= 0.3 is 5.97 Å². The maximum atomic E-state index is 12.5. The lowest BCUT2D eigenvalue weighted by atomic mass is 10.2. The summed E-state index contributed by atoms with van der Waals surface area (Å²) in [6.45, 7) is 3.03. The van der Waals surface area contributed by atoms with Crippen molar-refractivity contribution in [2.24, 2.45) is 0 Å². The predicted octanol–water partition coefficient (Wildman–Crippen LogP) is 2.66. The van der Waals surface area contributed by atoms with E-state index < -0.39 is 12.1 Å². The third-order valence-electron chi connectivity index (χ3n) is 4.45. The molecule has 1 aromatic carbocycles. The lowest BCUT2D eigenvalue weighted by Gasteiger charge is -2.24.